The Labute approximate surface area is 122 Å². The van der Waals surface area contributed by atoms with Crippen LogP contribution < -0.4 is 5.73 Å². The summed E-state index contributed by atoms with van der Waals surface area (Å²) in [6.07, 6.45) is 1.89. The van der Waals surface area contributed by atoms with Crippen LogP contribution in [-0.2, 0) is 16.6 Å². The molecule has 1 saturated heterocycles. The average molecular weight is 296 g/mol. The summed E-state index contributed by atoms with van der Waals surface area (Å²) in [5.74, 6) is 0.338. The zero-order chi connectivity index (χ0) is 14.9. The van der Waals surface area contributed by atoms with E-state index in [1.807, 2.05) is 13.0 Å². The summed E-state index contributed by atoms with van der Waals surface area (Å²) in [5, 5.41) is 0. The lowest BCUT2D eigenvalue weighted by atomic mass is 10.0. The van der Waals surface area contributed by atoms with Gasteiger partial charge in [0.25, 0.3) is 0 Å². The Balaban J connectivity index is 2.45. The fourth-order valence-corrected chi connectivity index (χ4v) is 5.11. The standard InChI is InChI=1S/C15H24N2O2S/c1-11(2)14-7-5-9-17(14)20(18,19)15-8-4-6-13(10-16)12(15)3/h4,6,8,11,14H,5,7,9-10,16H2,1-3H3. The van der Waals surface area contributed by atoms with Gasteiger partial charge in [-0.2, -0.15) is 4.31 Å². The van der Waals surface area contributed by atoms with Crippen LogP contribution >= 0.6 is 0 Å². The first-order valence-electron chi connectivity index (χ1n) is 7.20. The highest BCUT2D eigenvalue weighted by Crippen LogP contribution is 2.31. The molecule has 0 amide bonds. The molecule has 112 valence electrons. The van der Waals surface area contributed by atoms with Gasteiger partial charge in [-0.25, -0.2) is 8.42 Å². The van der Waals surface area contributed by atoms with Crippen molar-refractivity contribution < 1.29 is 8.42 Å². The van der Waals surface area contributed by atoms with Crippen LogP contribution in [0.15, 0.2) is 23.1 Å². The van der Waals surface area contributed by atoms with Gasteiger partial charge < -0.3 is 5.73 Å². The van der Waals surface area contributed by atoms with Gasteiger partial charge in [0.15, 0.2) is 0 Å². The second-order valence-electron chi connectivity index (χ2n) is 5.81. The fraction of sp³-hybridized carbons (Fsp3) is 0.600. The largest absolute Gasteiger partial charge is 0.326 e. The Morgan fingerprint density at radius 2 is 2.10 bits per heavy atom. The summed E-state index contributed by atoms with van der Waals surface area (Å²) >= 11 is 0. The van der Waals surface area contributed by atoms with Gasteiger partial charge in [0.05, 0.1) is 4.90 Å². The number of hydrogen-bond acceptors (Lipinski definition) is 3. The van der Waals surface area contributed by atoms with Crippen molar-refractivity contribution in [3.05, 3.63) is 29.3 Å². The number of benzene rings is 1. The van der Waals surface area contributed by atoms with Crippen molar-refractivity contribution in [1.82, 2.24) is 4.31 Å². The van der Waals surface area contributed by atoms with E-state index in [1.54, 1.807) is 16.4 Å². The molecular weight excluding hydrogens is 272 g/mol. The summed E-state index contributed by atoms with van der Waals surface area (Å²) < 4.78 is 27.5. The summed E-state index contributed by atoms with van der Waals surface area (Å²) in [6.45, 7) is 7.00. The lowest BCUT2D eigenvalue weighted by molar-refractivity contribution is 0.315. The molecule has 1 aliphatic heterocycles. The van der Waals surface area contributed by atoms with Crippen LogP contribution in [0.25, 0.3) is 0 Å². The third-order valence-corrected chi connectivity index (χ3v) is 6.29. The first kappa shape index (κ1) is 15.5. The van der Waals surface area contributed by atoms with E-state index in [0.29, 0.717) is 23.9 Å². The summed E-state index contributed by atoms with van der Waals surface area (Å²) in [5.41, 5.74) is 7.36. The van der Waals surface area contributed by atoms with Crippen molar-refractivity contribution in [2.45, 2.75) is 51.1 Å². The van der Waals surface area contributed by atoms with E-state index in [0.717, 1.165) is 24.0 Å². The number of hydrogen-bond donors (Lipinski definition) is 1. The molecule has 0 bridgehead atoms. The van der Waals surface area contributed by atoms with Gasteiger partial charge in [0.2, 0.25) is 10.0 Å². The molecule has 4 nitrogen and oxygen atoms in total. The van der Waals surface area contributed by atoms with Gasteiger partial charge in [-0.3, -0.25) is 0 Å². The molecule has 0 spiro atoms. The molecule has 1 unspecified atom stereocenters. The second kappa shape index (κ2) is 5.84. The van der Waals surface area contributed by atoms with Gasteiger partial charge in [-0.05, 0) is 42.9 Å². The number of rotatable bonds is 4. The van der Waals surface area contributed by atoms with E-state index < -0.39 is 10.0 Å². The third kappa shape index (κ3) is 2.62. The molecule has 1 heterocycles. The molecule has 0 radical (unpaired) electrons. The first-order chi connectivity index (χ1) is 9.39. The minimum atomic E-state index is -3.42. The van der Waals surface area contributed by atoms with Crippen molar-refractivity contribution in [2.75, 3.05) is 6.54 Å². The molecule has 0 aromatic heterocycles. The monoisotopic (exact) mass is 296 g/mol. The fourth-order valence-electron chi connectivity index (χ4n) is 3.02. The minimum absolute atomic E-state index is 0.112. The van der Waals surface area contributed by atoms with Crippen molar-refractivity contribution in [1.29, 1.82) is 0 Å². The topological polar surface area (TPSA) is 63.4 Å². The molecule has 1 aromatic rings. The molecule has 1 atom stereocenters. The maximum Gasteiger partial charge on any atom is 0.243 e. The van der Waals surface area contributed by atoms with Crippen LogP contribution in [0.4, 0.5) is 0 Å². The van der Waals surface area contributed by atoms with Crippen molar-refractivity contribution in [3.63, 3.8) is 0 Å². The summed E-state index contributed by atoms with van der Waals surface area (Å²) in [4.78, 5) is 0.410. The minimum Gasteiger partial charge on any atom is -0.326 e. The van der Waals surface area contributed by atoms with E-state index in [9.17, 15) is 8.42 Å². The number of nitrogens with zero attached hydrogens (tertiary/aromatic N) is 1. The Morgan fingerprint density at radius 1 is 1.40 bits per heavy atom. The smallest absolute Gasteiger partial charge is 0.243 e. The summed E-state index contributed by atoms with van der Waals surface area (Å²) in [6, 6.07) is 5.47. The van der Waals surface area contributed by atoms with Gasteiger partial charge in [0, 0.05) is 19.1 Å². The SMILES string of the molecule is Cc1c(CN)cccc1S(=O)(=O)N1CCCC1C(C)C. The van der Waals surface area contributed by atoms with Crippen molar-refractivity contribution in [3.8, 4) is 0 Å². The Morgan fingerprint density at radius 3 is 2.70 bits per heavy atom. The zero-order valence-corrected chi connectivity index (χ0v) is 13.3. The molecule has 0 aliphatic carbocycles. The average Bonchev–Trinajstić information content (AvgIpc) is 2.88. The Bertz CT molecular complexity index is 582. The molecule has 2 N–H and O–H groups in total. The van der Waals surface area contributed by atoms with Crippen LogP contribution in [0.5, 0.6) is 0 Å². The van der Waals surface area contributed by atoms with Gasteiger partial charge in [-0.15, -0.1) is 0 Å². The molecule has 5 heteroatoms. The molecule has 1 aliphatic rings. The quantitative estimate of drug-likeness (QED) is 0.927. The van der Waals surface area contributed by atoms with E-state index in [4.69, 9.17) is 5.73 Å². The Kier molecular flexibility index (Phi) is 4.52. The first-order valence-corrected chi connectivity index (χ1v) is 8.64. The predicted molar refractivity (Wildman–Crippen MR) is 80.8 cm³/mol. The van der Waals surface area contributed by atoms with E-state index in [-0.39, 0.29) is 6.04 Å². The van der Waals surface area contributed by atoms with Crippen LogP contribution in [0, 0.1) is 12.8 Å². The van der Waals surface area contributed by atoms with Crippen LogP contribution in [-0.4, -0.2) is 25.3 Å². The highest BCUT2D eigenvalue weighted by atomic mass is 32.2. The maximum atomic E-state index is 12.9. The van der Waals surface area contributed by atoms with Crippen LogP contribution in [0.2, 0.25) is 0 Å². The van der Waals surface area contributed by atoms with Crippen molar-refractivity contribution >= 4 is 10.0 Å². The third-order valence-electron chi connectivity index (χ3n) is 4.22. The highest BCUT2D eigenvalue weighted by molar-refractivity contribution is 7.89. The zero-order valence-electron chi connectivity index (χ0n) is 12.5. The van der Waals surface area contributed by atoms with E-state index in [1.165, 1.54) is 0 Å². The van der Waals surface area contributed by atoms with Crippen molar-refractivity contribution in [2.24, 2.45) is 11.7 Å². The molecular formula is C15H24N2O2S. The van der Waals surface area contributed by atoms with E-state index >= 15 is 0 Å². The molecule has 1 aromatic carbocycles. The summed E-state index contributed by atoms with van der Waals surface area (Å²) in [7, 11) is -3.42. The lowest BCUT2D eigenvalue weighted by Crippen LogP contribution is -2.38. The Hall–Kier alpha value is -0.910. The normalized spacial score (nSPS) is 20.8. The molecule has 20 heavy (non-hydrogen) atoms. The highest BCUT2D eigenvalue weighted by Gasteiger charge is 2.37. The van der Waals surface area contributed by atoms with Crippen LogP contribution in [0.1, 0.15) is 37.8 Å². The number of nitrogens with two attached hydrogens (primary N) is 1. The van der Waals surface area contributed by atoms with Crippen LogP contribution in [0.3, 0.4) is 0 Å². The number of sulfonamides is 1. The maximum absolute atomic E-state index is 12.9. The second-order valence-corrected chi connectivity index (χ2v) is 7.67. The molecule has 0 saturated carbocycles. The van der Waals surface area contributed by atoms with Gasteiger partial charge in [-0.1, -0.05) is 26.0 Å². The van der Waals surface area contributed by atoms with Gasteiger partial charge in [0.1, 0.15) is 0 Å². The lowest BCUT2D eigenvalue weighted by Gasteiger charge is -2.27. The molecule has 1 fully saturated rings. The van der Waals surface area contributed by atoms with Gasteiger partial charge >= 0.3 is 0 Å². The predicted octanol–water partition coefficient (Wildman–Crippen LogP) is 2.26. The molecule has 2 rings (SSSR count). The van der Waals surface area contributed by atoms with E-state index in [2.05, 4.69) is 13.8 Å².